The molecule has 1 aliphatic rings. The van der Waals surface area contributed by atoms with Gasteiger partial charge in [0, 0.05) is 13.1 Å². The van der Waals surface area contributed by atoms with Crippen molar-refractivity contribution in [1.29, 1.82) is 0 Å². The van der Waals surface area contributed by atoms with Crippen LogP contribution in [0.25, 0.3) is 12.2 Å². The maximum Gasteiger partial charge on any atom is 0.408 e. The van der Waals surface area contributed by atoms with E-state index in [0.29, 0.717) is 61.6 Å². The average molecular weight is 1070 g/mol. The monoisotopic (exact) mass is 1060 g/mol. The molecule has 4 amide bonds. The van der Waals surface area contributed by atoms with E-state index in [9.17, 15) is 38.4 Å². The van der Waals surface area contributed by atoms with Crippen LogP contribution in [0, 0.1) is 5.92 Å². The Morgan fingerprint density at radius 1 is 0.566 bits per heavy atom. The molecule has 0 aromatic heterocycles. The number of methoxy groups -OCH3 is 2. The third-order valence-corrected chi connectivity index (χ3v) is 10.6. The van der Waals surface area contributed by atoms with Gasteiger partial charge < -0.3 is 59.2 Å². The Morgan fingerprint density at radius 3 is 1.39 bits per heavy atom. The van der Waals surface area contributed by atoms with E-state index in [4.69, 9.17) is 37.9 Å². The van der Waals surface area contributed by atoms with Crippen molar-refractivity contribution in [2.24, 2.45) is 5.92 Å². The van der Waals surface area contributed by atoms with Crippen molar-refractivity contribution >= 4 is 60.0 Å². The molecule has 2 aromatic rings. The summed E-state index contributed by atoms with van der Waals surface area (Å²) in [5.74, 6) is -2.79. The summed E-state index contributed by atoms with van der Waals surface area (Å²) >= 11 is 0. The van der Waals surface area contributed by atoms with Crippen LogP contribution in [-0.4, -0.2) is 110 Å². The fourth-order valence-electron chi connectivity index (χ4n) is 7.33. The van der Waals surface area contributed by atoms with Crippen LogP contribution in [-0.2, 0) is 38.1 Å². The van der Waals surface area contributed by atoms with Crippen LogP contribution in [0.3, 0.4) is 0 Å². The minimum atomic E-state index is -1.11. The molecule has 1 saturated carbocycles. The summed E-state index contributed by atoms with van der Waals surface area (Å²) in [7, 11) is 2.77. The highest BCUT2D eigenvalue weighted by Crippen LogP contribution is 2.34. The smallest absolute Gasteiger partial charge is 0.408 e. The van der Waals surface area contributed by atoms with Gasteiger partial charge in [-0.1, -0.05) is 18.2 Å². The fourth-order valence-corrected chi connectivity index (χ4v) is 7.33. The van der Waals surface area contributed by atoms with Gasteiger partial charge in [-0.05, 0) is 194 Å². The van der Waals surface area contributed by atoms with Crippen LogP contribution >= 0.6 is 0 Å². The van der Waals surface area contributed by atoms with E-state index in [1.165, 1.54) is 38.5 Å². The number of ether oxygens (including phenoxy) is 8. The average Bonchev–Trinajstić information content (AvgIpc) is 3.28. The Balaban J connectivity index is 1.70. The van der Waals surface area contributed by atoms with E-state index >= 15 is 0 Å². The number of ketones is 2. The summed E-state index contributed by atoms with van der Waals surface area (Å²) in [6, 6.07) is 7.15. The summed E-state index contributed by atoms with van der Waals surface area (Å²) < 4.78 is 43.8. The van der Waals surface area contributed by atoms with Gasteiger partial charge in [0.15, 0.2) is 34.6 Å². The molecular formula is C56H80N4O16. The largest absolute Gasteiger partial charge is 0.493 e. The second-order valence-electron chi connectivity index (χ2n) is 22.1. The molecule has 0 aliphatic heterocycles. The molecular weight excluding hydrogens is 985 g/mol. The lowest BCUT2D eigenvalue weighted by atomic mass is 9.81. The number of hydrogen-bond donors (Lipinski definition) is 4. The summed E-state index contributed by atoms with van der Waals surface area (Å²) in [5.41, 5.74) is -1.48. The molecule has 3 unspecified atom stereocenters. The first-order valence-electron chi connectivity index (χ1n) is 25.5. The van der Waals surface area contributed by atoms with Gasteiger partial charge in [-0.3, -0.25) is 9.59 Å². The fraction of sp³-hybridized carbons (Fsp3) is 0.571. The Kier molecular flexibility index (Phi) is 23.8. The summed E-state index contributed by atoms with van der Waals surface area (Å²) in [4.78, 5) is 104. The molecule has 2 aromatic carbocycles. The van der Waals surface area contributed by atoms with Gasteiger partial charge in [-0.2, -0.15) is 0 Å². The van der Waals surface area contributed by atoms with Crippen LogP contribution in [0.4, 0.5) is 19.2 Å². The zero-order chi connectivity index (χ0) is 57.0. The van der Waals surface area contributed by atoms with Crippen molar-refractivity contribution in [1.82, 2.24) is 21.3 Å². The molecule has 3 rings (SSSR count). The van der Waals surface area contributed by atoms with E-state index in [2.05, 4.69) is 21.3 Å². The van der Waals surface area contributed by atoms with Crippen molar-refractivity contribution in [2.75, 3.05) is 27.3 Å². The van der Waals surface area contributed by atoms with Gasteiger partial charge in [0.05, 0.1) is 20.1 Å². The first kappa shape index (κ1) is 63.2. The number of nitrogens with one attached hydrogen (secondary N) is 4. The Morgan fingerprint density at radius 2 is 0.974 bits per heavy atom. The highest BCUT2D eigenvalue weighted by molar-refractivity contribution is 6.16. The SMILES string of the molecule is COc1cc(C=CC(=O)C2CCCC(=Cc3ccc(OC(=O)C(CCCCNC(=O)OC(C)(C)C)NC(=O)OC(C)(C)C)c(OC)c3)C2=O)ccc1OC(=O)C(CCCCNC(=O)OC(C)(C)C)NC(=O)OC(C)(C)C. The van der Waals surface area contributed by atoms with E-state index in [1.807, 2.05) is 0 Å². The maximum absolute atomic E-state index is 13.8. The van der Waals surface area contributed by atoms with E-state index in [-0.39, 0.29) is 54.7 Å². The Labute approximate surface area is 447 Å². The van der Waals surface area contributed by atoms with Gasteiger partial charge in [0.2, 0.25) is 0 Å². The van der Waals surface area contributed by atoms with Crippen molar-refractivity contribution in [3.8, 4) is 23.0 Å². The molecule has 0 radical (unpaired) electrons. The highest BCUT2D eigenvalue weighted by Gasteiger charge is 2.32. The summed E-state index contributed by atoms with van der Waals surface area (Å²) in [6.07, 6.45) is 5.20. The van der Waals surface area contributed by atoms with Gasteiger partial charge in [-0.15, -0.1) is 0 Å². The molecule has 20 heteroatoms. The molecule has 420 valence electrons. The molecule has 0 bridgehead atoms. The predicted molar refractivity (Wildman–Crippen MR) is 284 cm³/mol. The molecule has 0 heterocycles. The van der Waals surface area contributed by atoms with E-state index < -0.39 is 82.5 Å². The Hall–Kier alpha value is -7.12. The summed E-state index contributed by atoms with van der Waals surface area (Å²) in [5, 5.41) is 10.5. The molecule has 4 N–H and O–H groups in total. The standard InChI is InChI=1S/C56H80N4O16/c1-53(2,3)73-49(65)57-30-17-15-22-39(59-51(67)75-55(7,8)9)47(63)71-42-28-25-35(33-44(42)69-13)24-27-41(61)38-21-19-20-37(46(38)62)32-36-26-29-43(45(34-36)70-14)72-48(64)40(60-52(68)76-56(10,11)12)23-16-18-31-58-50(66)74-54(4,5)6/h24-29,32-34,38-40H,15-23,30-31H2,1-14H3,(H,57,65)(H,58,66)(H,59,67)(H,60,68). The number of alkyl carbamates (subject to hydrolysis) is 4. The number of esters is 2. The molecule has 0 spiro atoms. The minimum absolute atomic E-state index is 0.0520. The topological polar surface area (TPSA) is 259 Å². The number of hydrogen-bond acceptors (Lipinski definition) is 16. The van der Waals surface area contributed by atoms with Crippen LogP contribution in [0.1, 0.15) is 152 Å². The molecule has 0 saturated heterocycles. The number of carbonyl (C=O) groups excluding carboxylic acids is 8. The zero-order valence-electron chi connectivity index (χ0n) is 46.7. The quantitative estimate of drug-likeness (QED) is 0.0214. The first-order valence-corrected chi connectivity index (χ1v) is 25.5. The van der Waals surface area contributed by atoms with Crippen LogP contribution in [0.2, 0.25) is 0 Å². The number of amides is 4. The lowest BCUT2D eigenvalue weighted by Crippen LogP contribution is -2.45. The highest BCUT2D eigenvalue weighted by atomic mass is 16.6. The third-order valence-electron chi connectivity index (χ3n) is 10.6. The summed E-state index contributed by atoms with van der Waals surface area (Å²) in [6.45, 7) is 21.2. The number of unbranched alkanes of at least 4 members (excludes halogenated alkanes) is 2. The van der Waals surface area contributed by atoms with Gasteiger partial charge in [0.1, 0.15) is 34.5 Å². The van der Waals surface area contributed by atoms with Crippen molar-refractivity contribution in [3.05, 3.63) is 59.2 Å². The molecule has 20 nitrogen and oxygen atoms in total. The second kappa shape index (κ2) is 28.7. The first-order chi connectivity index (χ1) is 35.3. The lowest BCUT2D eigenvalue weighted by molar-refractivity contribution is -0.137. The second-order valence-corrected chi connectivity index (χ2v) is 22.1. The lowest BCUT2D eigenvalue weighted by Gasteiger charge is -2.23. The third kappa shape index (κ3) is 24.0. The Bertz CT molecular complexity index is 2420. The molecule has 3 atom stereocenters. The molecule has 1 aliphatic carbocycles. The number of Topliss-reactive ketones (excluding diaryl/α,β-unsaturated/α-hetero) is 1. The normalized spacial score (nSPS) is 15.4. The number of rotatable bonds is 22. The van der Waals surface area contributed by atoms with E-state index in [1.54, 1.807) is 113 Å². The molecule has 1 fully saturated rings. The zero-order valence-corrected chi connectivity index (χ0v) is 46.7. The van der Waals surface area contributed by atoms with Crippen LogP contribution < -0.4 is 40.2 Å². The van der Waals surface area contributed by atoms with Crippen molar-refractivity contribution < 1.29 is 76.3 Å². The van der Waals surface area contributed by atoms with E-state index in [0.717, 1.165) is 0 Å². The van der Waals surface area contributed by atoms with Crippen LogP contribution in [0.15, 0.2) is 48.0 Å². The van der Waals surface area contributed by atoms with Gasteiger partial charge in [0.25, 0.3) is 0 Å². The van der Waals surface area contributed by atoms with Gasteiger partial charge >= 0.3 is 36.3 Å². The number of allylic oxidation sites excluding steroid dienone is 2. The van der Waals surface area contributed by atoms with Crippen molar-refractivity contribution in [3.63, 3.8) is 0 Å². The maximum atomic E-state index is 13.8. The minimum Gasteiger partial charge on any atom is -0.493 e. The van der Waals surface area contributed by atoms with Gasteiger partial charge in [-0.25, -0.2) is 28.8 Å². The van der Waals surface area contributed by atoms with Crippen molar-refractivity contribution in [2.45, 2.75) is 175 Å². The van der Waals surface area contributed by atoms with Crippen LogP contribution in [0.5, 0.6) is 23.0 Å². The predicted octanol–water partition coefficient (Wildman–Crippen LogP) is 9.73. The number of carbonyl (C=O) groups is 8. The molecule has 76 heavy (non-hydrogen) atoms. The number of benzene rings is 2.